The number of urea groups is 1. The first-order valence-corrected chi connectivity index (χ1v) is 11.2. The molecule has 168 valence electrons. The zero-order chi connectivity index (χ0) is 22.2. The number of aromatic nitrogens is 2. The second-order valence-electron chi connectivity index (χ2n) is 8.65. The maximum atomic E-state index is 13.4. The first-order valence-electron chi connectivity index (χ1n) is 11.2. The number of aliphatic imine (C=N–C) groups is 1. The molecule has 0 bridgehead atoms. The van der Waals surface area contributed by atoms with Crippen molar-refractivity contribution in [2.75, 3.05) is 31.6 Å². The van der Waals surface area contributed by atoms with E-state index in [1.807, 2.05) is 24.3 Å². The molecule has 1 aliphatic carbocycles. The van der Waals surface area contributed by atoms with Gasteiger partial charge < -0.3 is 10.1 Å². The van der Waals surface area contributed by atoms with E-state index in [1.54, 1.807) is 22.9 Å². The van der Waals surface area contributed by atoms with Gasteiger partial charge in [0.15, 0.2) is 5.82 Å². The van der Waals surface area contributed by atoms with Crippen LogP contribution in [0.5, 0.6) is 5.75 Å². The monoisotopic (exact) mass is 436 g/mol. The Morgan fingerprint density at radius 3 is 2.75 bits per heavy atom. The van der Waals surface area contributed by atoms with E-state index in [1.165, 1.54) is 11.3 Å². The van der Waals surface area contributed by atoms with Crippen molar-refractivity contribution >= 4 is 23.6 Å². The summed E-state index contributed by atoms with van der Waals surface area (Å²) in [5.41, 5.74) is 1.54. The van der Waals surface area contributed by atoms with Crippen LogP contribution in [0.4, 0.5) is 10.6 Å². The molecule has 3 aliphatic rings. The Balaban J connectivity index is 1.47. The number of rotatable bonds is 5. The fourth-order valence-corrected chi connectivity index (χ4v) is 4.84. The van der Waals surface area contributed by atoms with Crippen LogP contribution in [-0.4, -0.2) is 65.2 Å². The third kappa shape index (κ3) is 3.51. The summed E-state index contributed by atoms with van der Waals surface area (Å²) in [5.74, 6) is 2.23. The lowest BCUT2D eigenvalue weighted by Crippen LogP contribution is -2.54. The normalized spacial score (nSPS) is 22.3. The summed E-state index contributed by atoms with van der Waals surface area (Å²) in [5, 5.41) is 7.71. The number of hydrogen-bond acceptors (Lipinski definition) is 5. The molecule has 1 aromatic heterocycles. The fraction of sp³-hybridized carbons (Fsp3) is 0.478. The molecule has 2 aliphatic heterocycles. The number of amides is 3. The molecule has 3 amide bonds. The van der Waals surface area contributed by atoms with Crippen LogP contribution in [0, 0.1) is 5.92 Å². The number of anilines is 1. The second-order valence-corrected chi connectivity index (χ2v) is 8.65. The molecule has 1 aromatic carbocycles. The third-order valence-electron chi connectivity index (χ3n) is 6.62. The second kappa shape index (κ2) is 8.29. The Kier molecular flexibility index (Phi) is 5.32. The molecule has 2 atom stereocenters. The zero-order valence-electron chi connectivity index (χ0n) is 18.5. The van der Waals surface area contributed by atoms with Crippen molar-refractivity contribution in [3.8, 4) is 11.4 Å². The Bertz CT molecular complexity index is 1060. The zero-order valence-corrected chi connectivity index (χ0v) is 18.5. The summed E-state index contributed by atoms with van der Waals surface area (Å²) >= 11 is 0. The Morgan fingerprint density at radius 2 is 2.00 bits per heavy atom. The highest BCUT2D eigenvalue weighted by Gasteiger charge is 2.41. The number of nitrogens with one attached hydrogen (secondary N) is 1. The molecule has 2 aromatic rings. The van der Waals surface area contributed by atoms with Gasteiger partial charge in [0, 0.05) is 12.6 Å². The van der Waals surface area contributed by atoms with Gasteiger partial charge in [-0.1, -0.05) is 19.8 Å². The summed E-state index contributed by atoms with van der Waals surface area (Å²) in [6.45, 7) is 3.19. The minimum absolute atomic E-state index is 0.0549. The Hall–Kier alpha value is -3.36. The molecule has 0 saturated heterocycles. The topological polar surface area (TPSA) is 92.1 Å². The predicted molar refractivity (Wildman–Crippen MR) is 121 cm³/mol. The number of nitrogens with zero attached hydrogens (tertiary/aromatic N) is 5. The first-order chi connectivity index (χ1) is 15.6. The number of hydrogen-bond donors (Lipinski definition) is 1. The number of methoxy groups -OCH3 is 1. The number of amidine groups is 1. The van der Waals surface area contributed by atoms with Crippen LogP contribution in [0.25, 0.3) is 5.69 Å². The average molecular weight is 437 g/mol. The van der Waals surface area contributed by atoms with Crippen molar-refractivity contribution in [3.63, 3.8) is 0 Å². The van der Waals surface area contributed by atoms with Gasteiger partial charge >= 0.3 is 6.03 Å². The van der Waals surface area contributed by atoms with Crippen molar-refractivity contribution in [2.24, 2.45) is 10.9 Å². The standard InChI is InChI=1S/C23H28N6O3/c1-15-5-3-4-6-19(15)26-20(30)14-28-22-18(21-24-11-12-27(21)23(28)31)13-25-29(22)16-7-9-17(32-2)10-8-16/h7-10,13,15,19H,3-6,11-12,14H2,1-2H3,(H,26,30)/t15-,19-/m0/s1. The number of benzene rings is 1. The molecule has 5 rings (SSSR count). The van der Waals surface area contributed by atoms with Gasteiger partial charge in [0.05, 0.1) is 31.1 Å². The van der Waals surface area contributed by atoms with Crippen molar-refractivity contribution in [1.29, 1.82) is 0 Å². The van der Waals surface area contributed by atoms with E-state index in [4.69, 9.17) is 4.74 Å². The van der Waals surface area contributed by atoms with Gasteiger partial charge in [-0.15, -0.1) is 0 Å². The van der Waals surface area contributed by atoms with E-state index in [-0.39, 0.29) is 24.5 Å². The van der Waals surface area contributed by atoms with Crippen LogP contribution in [-0.2, 0) is 4.79 Å². The maximum Gasteiger partial charge on any atom is 0.331 e. The van der Waals surface area contributed by atoms with E-state index in [2.05, 4.69) is 22.3 Å². The van der Waals surface area contributed by atoms with Gasteiger partial charge in [0.1, 0.15) is 18.1 Å². The van der Waals surface area contributed by atoms with Crippen molar-refractivity contribution < 1.29 is 14.3 Å². The lowest BCUT2D eigenvalue weighted by atomic mass is 9.86. The summed E-state index contributed by atoms with van der Waals surface area (Å²) in [7, 11) is 1.61. The van der Waals surface area contributed by atoms with Gasteiger partial charge in [0.2, 0.25) is 5.91 Å². The summed E-state index contributed by atoms with van der Waals surface area (Å²) in [6.07, 6.45) is 6.16. The van der Waals surface area contributed by atoms with Gasteiger partial charge in [-0.3, -0.25) is 19.6 Å². The largest absolute Gasteiger partial charge is 0.497 e. The molecule has 1 fully saturated rings. The van der Waals surface area contributed by atoms with E-state index >= 15 is 0 Å². The van der Waals surface area contributed by atoms with Gasteiger partial charge in [-0.2, -0.15) is 5.10 Å². The van der Waals surface area contributed by atoms with E-state index in [0.29, 0.717) is 30.7 Å². The Morgan fingerprint density at radius 1 is 1.22 bits per heavy atom. The van der Waals surface area contributed by atoms with Crippen molar-refractivity contribution in [1.82, 2.24) is 20.0 Å². The summed E-state index contributed by atoms with van der Waals surface area (Å²) in [4.78, 5) is 34.1. The van der Waals surface area contributed by atoms with Gasteiger partial charge in [-0.25, -0.2) is 9.48 Å². The highest BCUT2D eigenvalue weighted by molar-refractivity contribution is 6.20. The van der Waals surface area contributed by atoms with Crippen molar-refractivity contribution in [2.45, 2.75) is 38.6 Å². The van der Waals surface area contributed by atoms with Crippen LogP contribution in [0.1, 0.15) is 38.2 Å². The summed E-state index contributed by atoms with van der Waals surface area (Å²) < 4.78 is 6.95. The van der Waals surface area contributed by atoms with Crippen molar-refractivity contribution in [3.05, 3.63) is 36.0 Å². The van der Waals surface area contributed by atoms with Gasteiger partial charge in [-0.05, 0) is 43.0 Å². The molecule has 0 unspecified atom stereocenters. The van der Waals surface area contributed by atoms with E-state index in [0.717, 1.165) is 36.3 Å². The number of ether oxygens (including phenoxy) is 1. The molecule has 0 radical (unpaired) electrons. The minimum atomic E-state index is -0.240. The average Bonchev–Trinajstić information content (AvgIpc) is 3.46. The van der Waals surface area contributed by atoms with Crippen LogP contribution >= 0.6 is 0 Å². The Labute approximate surface area is 187 Å². The quantitative estimate of drug-likeness (QED) is 0.780. The number of carbonyl (C=O) groups excluding carboxylic acids is 2. The van der Waals surface area contributed by atoms with Crippen LogP contribution in [0.15, 0.2) is 35.5 Å². The maximum absolute atomic E-state index is 13.4. The molecule has 1 N–H and O–H groups in total. The van der Waals surface area contributed by atoms with Gasteiger partial charge in [0.25, 0.3) is 0 Å². The smallest absolute Gasteiger partial charge is 0.331 e. The molecule has 0 spiro atoms. The molecular formula is C23H28N6O3. The van der Waals surface area contributed by atoms with Crippen LogP contribution in [0.2, 0.25) is 0 Å². The number of fused-ring (bicyclic) bond motifs is 3. The lowest BCUT2D eigenvalue weighted by Gasteiger charge is -2.35. The molecule has 9 nitrogen and oxygen atoms in total. The molecule has 1 saturated carbocycles. The number of carbonyl (C=O) groups is 2. The molecule has 32 heavy (non-hydrogen) atoms. The fourth-order valence-electron chi connectivity index (χ4n) is 4.84. The highest BCUT2D eigenvalue weighted by Crippen LogP contribution is 2.33. The first kappa shape index (κ1) is 20.5. The lowest BCUT2D eigenvalue weighted by molar-refractivity contribution is -0.121. The minimum Gasteiger partial charge on any atom is -0.497 e. The molecule has 9 heteroatoms. The molecule has 3 heterocycles. The predicted octanol–water partition coefficient (Wildman–Crippen LogP) is 2.58. The van der Waals surface area contributed by atoms with E-state index in [9.17, 15) is 9.59 Å². The third-order valence-corrected chi connectivity index (χ3v) is 6.62. The van der Waals surface area contributed by atoms with Crippen LogP contribution < -0.4 is 15.0 Å². The van der Waals surface area contributed by atoms with Crippen LogP contribution in [0.3, 0.4) is 0 Å². The highest BCUT2D eigenvalue weighted by atomic mass is 16.5. The summed E-state index contributed by atoms with van der Waals surface area (Å²) in [6, 6.07) is 7.36. The van der Waals surface area contributed by atoms with E-state index < -0.39 is 0 Å². The SMILES string of the molecule is COc1ccc(-n2ncc3c2N(CC(=O)N[C@H]2CCCC[C@@H]2C)C(=O)N2CCN=C32)cc1. The molecular weight excluding hydrogens is 408 g/mol.